The maximum absolute atomic E-state index is 6.02. The predicted molar refractivity (Wildman–Crippen MR) is 118 cm³/mol. The summed E-state index contributed by atoms with van der Waals surface area (Å²) in [5.41, 5.74) is 4.87. The van der Waals surface area contributed by atoms with Gasteiger partial charge in [0.1, 0.15) is 5.75 Å². The van der Waals surface area contributed by atoms with Gasteiger partial charge < -0.3 is 15.4 Å². The van der Waals surface area contributed by atoms with Gasteiger partial charge in [-0.3, -0.25) is 0 Å². The number of thiocarbonyl (C=S) groups is 1. The molecule has 3 nitrogen and oxygen atoms in total. The van der Waals surface area contributed by atoms with Crippen LogP contribution < -0.4 is 15.4 Å². The minimum absolute atomic E-state index is 0.203. The standard InChI is InChI=1S/C23H30N2OS/c1-4-22(18-10-9-16(2)17(3)15-18)25-23(27)24-19-11-13-21(14-12-19)26-20-7-5-6-8-20/h9-15,20,22H,4-8H2,1-3H3,(H2,24,25,27). The number of aryl methyl sites for hydroxylation is 2. The van der Waals surface area contributed by atoms with Crippen LogP contribution in [0.15, 0.2) is 42.5 Å². The number of benzene rings is 2. The Kier molecular flexibility index (Phi) is 6.73. The van der Waals surface area contributed by atoms with Gasteiger partial charge in [0.15, 0.2) is 5.11 Å². The molecule has 0 heterocycles. The summed E-state index contributed by atoms with van der Waals surface area (Å²) < 4.78 is 6.02. The van der Waals surface area contributed by atoms with Crippen molar-refractivity contribution in [3.63, 3.8) is 0 Å². The van der Waals surface area contributed by atoms with Crippen LogP contribution in [0.4, 0.5) is 5.69 Å². The smallest absolute Gasteiger partial charge is 0.171 e. The second-order valence-corrected chi connectivity index (χ2v) is 7.86. The summed E-state index contributed by atoms with van der Waals surface area (Å²) in [5, 5.41) is 7.37. The summed E-state index contributed by atoms with van der Waals surface area (Å²) in [5.74, 6) is 0.938. The zero-order valence-electron chi connectivity index (χ0n) is 16.5. The molecule has 3 rings (SSSR count). The molecule has 2 aromatic rings. The molecule has 4 heteroatoms. The van der Waals surface area contributed by atoms with Crippen molar-refractivity contribution in [2.45, 2.75) is 65.0 Å². The number of hydrogen-bond donors (Lipinski definition) is 2. The quantitative estimate of drug-likeness (QED) is 0.595. The van der Waals surface area contributed by atoms with Crippen molar-refractivity contribution in [1.82, 2.24) is 5.32 Å². The molecule has 1 aliphatic rings. The van der Waals surface area contributed by atoms with Crippen LogP contribution in [0.5, 0.6) is 5.75 Å². The molecule has 2 N–H and O–H groups in total. The highest BCUT2D eigenvalue weighted by molar-refractivity contribution is 7.80. The fourth-order valence-corrected chi connectivity index (χ4v) is 3.80. The molecule has 144 valence electrons. The van der Waals surface area contributed by atoms with E-state index in [0.29, 0.717) is 11.2 Å². The first-order valence-electron chi connectivity index (χ1n) is 9.96. The van der Waals surface area contributed by atoms with E-state index in [1.807, 2.05) is 24.3 Å². The van der Waals surface area contributed by atoms with Crippen LogP contribution in [0.3, 0.4) is 0 Å². The van der Waals surface area contributed by atoms with Crippen molar-refractivity contribution in [2.75, 3.05) is 5.32 Å². The van der Waals surface area contributed by atoms with Crippen molar-refractivity contribution >= 4 is 23.0 Å². The van der Waals surface area contributed by atoms with Gasteiger partial charge in [-0.15, -0.1) is 0 Å². The van der Waals surface area contributed by atoms with Crippen LogP contribution >= 0.6 is 12.2 Å². The zero-order valence-corrected chi connectivity index (χ0v) is 17.4. The average Bonchev–Trinajstić information content (AvgIpc) is 3.17. The molecule has 0 amide bonds. The van der Waals surface area contributed by atoms with Crippen LogP contribution in [0, 0.1) is 13.8 Å². The number of rotatable bonds is 6. The van der Waals surface area contributed by atoms with Gasteiger partial charge in [0.2, 0.25) is 0 Å². The topological polar surface area (TPSA) is 33.3 Å². The van der Waals surface area contributed by atoms with Gasteiger partial charge >= 0.3 is 0 Å². The summed E-state index contributed by atoms with van der Waals surface area (Å²) in [4.78, 5) is 0. The Balaban J connectivity index is 1.56. The van der Waals surface area contributed by atoms with Crippen molar-refractivity contribution < 1.29 is 4.74 Å². The monoisotopic (exact) mass is 382 g/mol. The van der Waals surface area contributed by atoms with E-state index in [-0.39, 0.29) is 6.04 Å². The van der Waals surface area contributed by atoms with Gasteiger partial charge in [-0.25, -0.2) is 0 Å². The lowest BCUT2D eigenvalue weighted by Gasteiger charge is -2.21. The molecular weight excluding hydrogens is 352 g/mol. The molecule has 2 aromatic carbocycles. The second-order valence-electron chi connectivity index (χ2n) is 7.45. The van der Waals surface area contributed by atoms with E-state index in [1.54, 1.807) is 0 Å². The van der Waals surface area contributed by atoms with E-state index in [4.69, 9.17) is 17.0 Å². The lowest BCUT2D eigenvalue weighted by Crippen LogP contribution is -2.32. The minimum atomic E-state index is 0.203. The molecule has 0 bridgehead atoms. The Morgan fingerprint density at radius 3 is 2.41 bits per heavy atom. The molecule has 1 unspecified atom stereocenters. The van der Waals surface area contributed by atoms with E-state index in [2.05, 4.69) is 49.6 Å². The summed E-state index contributed by atoms with van der Waals surface area (Å²) >= 11 is 5.53. The van der Waals surface area contributed by atoms with Crippen LogP contribution in [0.25, 0.3) is 0 Å². The molecule has 1 aliphatic carbocycles. The van der Waals surface area contributed by atoms with Gasteiger partial charge in [-0.2, -0.15) is 0 Å². The van der Waals surface area contributed by atoms with Crippen LogP contribution in [0.1, 0.15) is 61.8 Å². The molecule has 0 aliphatic heterocycles. The highest BCUT2D eigenvalue weighted by atomic mass is 32.1. The lowest BCUT2D eigenvalue weighted by molar-refractivity contribution is 0.210. The maximum atomic E-state index is 6.02. The fourth-order valence-electron chi connectivity index (χ4n) is 3.54. The molecule has 0 spiro atoms. The second kappa shape index (κ2) is 9.23. The molecule has 0 aromatic heterocycles. The Bertz CT molecular complexity index is 766. The van der Waals surface area contributed by atoms with E-state index >= 15 is 0 Å². The van der Waals surface area contributed by atoms with Gasteiger partial charge in [-0.05, 0) is 99.1 Å². The van der Waals surface area contributed by atoms with Gasteiger partial charge in [0, 0.05) is 5.69 Å². The largest absolute Gasteiger partial charge is 0.490 e. The van der Waals surface area contributed by atoms with Crippen LogP contribution in [0.2, 0.25) is 0 Å². The molecule has 0 saturated heterocycles. The fraction of sp³-hybridized carbons (Fsp3) is 0.435. The summed E-state index contributed by atoms with van der Waals surface area (Å²) in [6.45, 7) is 6.46. The van der Waals surface area contributed by atoms with Gasteiger partial charge in [-0.1, -0.05) is 25.1 Å². The number of hydrogen-bond acceptors (Lipinski definition) is 2. The van der Waals surface area contributed by atoms with Crippen LogP contribution in [-0.2, 0) is 0 Å². The maximum Gasteiger partial charge on any atom is 0.171 e. The highest BCUT2D eigenvalue weighted by Crippen LogP contribution is 2.25. The van der Waals surface area contributed by atoms with E-state index in [1.165, 1.54) is 42.4 Å². The van der Waals surface area contributed by atoms with E-state index in [9.17, 15) is 0 Å². The number of ether oxygens (including phenoxy) is 1. The predicted octanol–water partition coefficient (Wildman–Crippen LogP) is 6.06. The highest BCUT2D eigenvalue weighted by Gasteiger charge is 2.16. The summed E-state index contributed by atoms with van der Waals surface area (Å²) in [6.07, 6.45) is 6.26. The Morgan fingerprint density at radius 2 is 1.78 bits per heavy atom. The summed E-state index contributed by atoms with van der Waals surface area (Å²) in [6, 6.07) is 14.9. The van der Waals surface area contributed by atoms with Gasteiger partial charge in [0.05, 0.1) is 12.1 Å². The third-order valence-electron chi connectivity index (χ3n) is 5.36. The molecule has 1 saturated carbocycles. The first-order chi connectivity index (χ1) is 13.0. The molecule has 1 atom stereocenters. The molecule has 0 radical (unpaired) electrons. The first-order valence-corrected chi connectivity index (χ1v) is 10.4. The SMILES string of the molecule is CCC(NC(=S)Nc1ccc(OC2CCCC2)cc1)c1ccc(C)c(C)c1. The Labute approximate surface area is 168 Å². The zero-order chi connectivity index (χ0) is 19.2. The number of nitrogens with one attached hydrogen (secondary N) is 2. The normalized spacial score (nSPS) is 15.4. The van der Waals surface area contributed by atoms with Gasteiger partial charge in [0.25, 0.3) is 0 Å². The average molecular weight is 383 g/mol. The van der Waals surface area contributed by atoms with Crippen molar-refractivity contribution in [3.8, 4) is 5.75 Å². The molecule has 27 heavy (non-hydrogen) atoms. The Hall–Kier alpha value is -2.07. The van der Waals surface area contributed by atoms with Crippen LogP contribution in [-0.4, -0.2) is 11.2 Å². The third-order valence-corrected chi connectivity index (χ3v) is 5.58. The van der Waals surface area contributed by atoms with E-state index < -0.39 is 0 Å². The third kappa shape index (κ3) is 5.46. The molecule has 1 fully saturated rings. The Morgan fingerprint density at radius 1 is 1.07 bits per heavy atom. The van der Waals surface area contributed by atoms with Crippen molar-refractivity contribution in [1.29, 1.82) is 0 Å². The van der Waals surface area contributed by atoms with Crippen molar-refractivity contribution in [2.24, 2.45) is 0 Å². The van der Waals surface area contributed by atoms with E-state index in [0.717, 1.165) is 17.9 Å². The lowest BCUT2D eigenvalue weighted by atomic mass is 9.99. The van der Waals surface area contributed by atoms with Crippen molar-refractivity contribution in [3.05, 3.63) is 59.2 Å². The molecular formula is C23H30N2OS. The first kappa shape index (κ1) is 19.7. The number of anilines is 1. The minimum Gasteiger partial charge on any atom is -0.490 e. The summed E-state index contributed by atoms with van der Waals surface area (Å²) in [7, 11) is 0.